The Balaban J connectivity index is 0.00000320. The van der Waals surface area contributed by atoms with Crippen LogP contribution in [0.25, 0.3) is 0 Å². The normalized spacial score (nSPS) is 21.1. The molecule has 30 heavy (non-hydrogen) atoms. The molecule has 3 heterocycles. The molecule has 0 amide bonds. The van der Waals surface area contributed by atoms with Crippen molar-refractivity contribution in [1.29, 1.82) is 0 Å². The Labute approximate surface area is 197 Å². The summed E-state index contributed by atoms with van der Waals surface area (Å²) in [7, 11) is 1.80. The molecule has 0 bridgehead atoms. The summed E-state index contributed by atoms with van der Waals surface area (Å²) in [5, 5.41) is 6.85. The van der Waals surface area contributed by atoms with Gasteiger partial charge < -0.3 is 25.0 Å². The molecule has 0 radical (unpaired) electrons. The molecule has 1 unspecified atom stereocenters. The smallest absolute Gasteiger partial charge is 0.191 e. The van der Waals surface area contributed by atoms with E-state index < -0.39 is 0 Å². The van der Waals surface area contributed by atoms with Crippen LogP contribution in [0.5, 0.6) is 0 Å². The molecule has 0 aromatic carbocycles. The zero-order chi connectivity index (χ0) is 20.7. The number of halogens is 1. The van der Waals surface area contributed by atoms with Crippen LogP contribution in [-0.4, -0.2) is 87.1 Å². The van der Waals surface area contributed by atoms with Crippen molar-refractivity contribution in [2.75, 3.05) is 64.5 Å². The molecule has 2 aliphatic rings. The van der Waals surface area contributed by atoms with Crippen molar-refractivity contribution in [1.82, 2.24) is 20.5 Å². The summed E-state index contributed by atoms with van der Waals surface area (Å²) in [6.07, 6.45) is 2.19. The Morgan fingerprint density at radius 2 is 1.97 bits per heavy atom. The number of hydrogen-bond donors (Lipinski definition) is 2. The number of ether oxygens (including phenoxy) is 2. The van der Waals surface area contributed by atoms with Gasteiger partial charge in [-0.2, -0.15) is 0 Å². The molecular weight excluding hydrogens is 495 g/mol. The lowest BCUT2D eigenvalue weighted by Crippen LogP contribution is -2.56. The molecule has 0 saturated carbocycles. The fourth-order valence-corrected chi connectivity index (χ4v) is 3.72. The van der Waals surface area contributed by atoms with Gasteiger partial charge in [-0.25, -0.2) is 4.98 Å². The van der Waals surface area contributed by atoms with Gasteiger partial charge in [-0.05, 0) is 32.4 Å². The second-order valence-electron chi connectivity index (χ2n) is 8.34. The number of anilines is 1. The minimum absolute atomic E-state index is 0. The highest BCUT2D eigenvalue weighted by Crippen LogP contribution is 2.16. The van der Waals surface area contributed by atoms with E-state index in [1.807, 2.05) is 6.20 Å². The number of nitrogens with zero attached hydrogens (tertiary/aromatic N) is 4. The standard InChI is InChI=1S/C21H36N6O2.HI/c1-17-15-26(7-12-29-17)19-6-5-18(13-23-19)14-24-20(22-4)25-16-21(2,3)27-8-10-28-11-9-27;/h5-6,13,17H,7-12,14-16H2,1-4H3,(H2,22,24,25);1H. The van der Waals surface area contributed by atoms with Gasteiger partial charge in [-0.1, -0.05) is 6.07 Å². The van der Waals surface area contributed by atoms with Gasteiger partial charge in [-0.3, -0.25) is 9.89 Å². The number of pyridine rings is 1. The number of aromatic nitrogens is 1. The lowest BCUT2D eigenvalue weighted by molar-refractivity contribution is -0.00834. The predicted octanol–water partition coefficient (Wildman–Crippen LogP) is 1.70. The lowest BCUT2D eigenvalue weighted by Gasteiger charge is -2.41. The van der Waals surface area contributed by atoms with Gasteiger partial charge >= 0.3 is 0 Å². The summed E-state index contributed by atoms with van der Waals surface area (Å²) in [5.74, 6) is 1.82. The van der Waals surface area contributed by atoms with Gasteiger partial charge in [0.2, 0.25) is 0 Å². The monoisotopic (exact) mass is 532 g/mol. The number of hydrogen-bond acceptors (Lipinski definition) is 6. The van der Waals surface area contributed by atoms with Crippen LogP contribution in [-0.2, 0) is 16.0 Å². The van der Waals surface area contributed by atoms with Crippen molar-refractivity contribution in [2.45, 2.75) is 39.0 Å². The molecule has 1 aromatic rings. The van der Waals surface area contributed by atoms with Crippen LogP contribution < -0.4 is 15.5 Å². The van der Waals surface area contributed by atoms with E-state index in [0.29, 0.717) is 6.54 Å². The van der Waals surface area contributed by atoms with Gasteiger partial charge in [0.15, 0.2) is 5.96 Å². The van der Waals surface area contributed by atoms with E-state index in [-0.39, 0.29) is 35.6 Å². The van der Waals surface area contributed by atoms with Crippen molar-refractivity contribution >= 4 is 35.8 Å². The average Bonchev–Trinajstić information content (AvgIpc) is 2.75. The Morgan fingerprint density at radius 1 is 1.20 bits per heavy atom. The largest absolute Gasteiger partial charge is 0.379 e. The van der Waals surface area contributed by atoms with E-state index in [9.17, 15) is 0 Å². The van der Waals surface area contributed by atoms with Crippen LogP contribution in [0.2, 0.25) is 0 Å². The van der Waals surface area contributed by atoms with Gasteiger partial charge in [0, 0.05) is 58.1 Å². The zero-order valence-corrected chi connectivity index (χ0v) is 21.0. The maximum atomic E-state index is 5.61. The van der Waals surface area contributed by atoms with E-state index in [2.05, 4.69) is 63.3 Å². The maximum absolute atomic E-state index is 5.61. The Morgan fingerprint density at radius 3 is 2.60 bits per heavy atom. The number of morpholine rings is 2. The topological polar surface area (TPSA) is 74.2 Å². The molecule has 2 fully saturated rings. The molecule has 9 heteroatoms. The second-order valence-corrected chi connectivity index (χ2v) is 8.34. The quantitative estimate of drug-likeness (QED) is 0.328. The summed E-state index contributed by atoms with van der Waals surface area (Å²) in [6.45, 7) is 14.2. The van der Waals surface area contributed by atoms with Gasteiger partial charge in [0.1, 0.15) is 5.82 Å². The molecule has 0 aliphatic carbocycles. The summed E-state index contributed by atoms with van der Waals surface area (Å²) >= 11 is 0. The van der Waals surface area contributed by atoms with Gasteiger partial charge in [0.05, 0.1) is 25.9 Å². The number of aliphatic imine (C=N–C) groups is 1. The first-order valence-electron chi connectivity index (χ1n) is 10.6. The fourth-order valence-electron chi connectivity index (χ4n) is 3.72. The molecular formula is C21H37IN6O2. The van der Waals surface area contributed by atoms with E-state index >= 15 is 0 Å². The minimum Gasteiger partial charge on any atom is -0.379 e. The Kier molecular flexibility index (Phi) is 10.1. The van der Waals surface area contributed by atoms with Crippen LogP contribution >= 0.6 is 24.0 Å². The third kappa shape index (κ3) is 7.21. The van der Waals surface area contributed by atoms with Crippen molar-refractivity contribution in [2.24, 2.45) is 4.99 Å². The van der Waals surface area contributed by atoms with Crippen molar-refractivity contribution in [3.05, 3.63) is 23.9 Å². The average molecular weight is 532 g/mol. The van der Waals surface area contributed by atoms with Crippen LogP contribution in [0.3, 0.4) is 0 Å². The summed E-state index contributed by atoms with van der Waals surface area (Å²) in [6, 6.07) is 4.22. The summed E-state index contributed by atoms with van der Waals surface area (Å²) < 4.78 is 11.1. The first-order chi connectivity index (χ1) is 14.0. The van der Waals surface area contributed by atoms with E-state index in [1.54, 1.807) is 7.05 Å². The van der Waals surface area contributed by atoms with Crippen LogP contribution in [0, 0.1) is 0 Å². The van der Waals surface area contributed by atoms with Crippen LogP contribution in [0.1, 0.15) is 26.3 Å². The summed E-state index contributed by atoms with van der Waals surface area (Å²) in [5.41, 5.74) is 1.17. The van der Waals surface area contributed by atoms with Gasteiger partial charge in [-0.15, -0.1) is 24.0 Å². The van der Waals surface area contributed by atoms with Crippen molar-refractivity contribution < 1.29 is 9.47 Å². The molecule has 170 valence electrons. The van der Waals surface area contributed by atoms with Crippen molar-refractivity contribution in [3.63, 3.8) is 0 Å². The third-order valence-electron chi connectivity index (χ3n) is 5.61. The molecule has 2 N–H and O–H groups in total. The van der Waals surface area contributed by atoms with Crippen molar-refractivity contribution in [3.8, 4) is 0 Å². The molecule has 2 aliphatic heterocycles. The molecule has 0 spiro atoms. The Bertz CT molecular complexity index is 664. The lowest BCUT2D eigenvalue weighted by atomic mass is 10.0. The first-order valence-corrected chi connectivity index (χ1v) is 10.6. The molecule has 3 rings (SSSR count). The molecule has 1 aromatic heterocycles. The fraction of sp³-hybridized carbons (Fsp3) is 0.714. The maximum Gasteiger partial charge on any atom is 0.191 e. The van der Waals surface area contributed by atoms with Crippen LogP contribution in [0.4, 0.5) is 5.82 Å². The molecule has 2 saturated heterocycles. The minimum atomic E-state index is 0. The third-order valence-corrected chi connectivity index (χ3v) is 5.61. The SMILES string of the molecule is CN=C(NCc1ccc(N2CCOC(C)C2)nc1)NCC(C)(C)N1CCOCC1.I. The number of nitrogens with one attached hydrogen (secondary N) is 2. The number of guanidine groups is 1. The first kappa shape index (κ1) is 25.1. The Hall–Kier alpha value is -1.17. The highest BCUT2D eigenvalue weighted by molar-refractivity contribution is 14.0. The van der Waals surface area contributed by atoms with Crippen LogP contribution in [0.15, 0.2) is 23.3 Å². The van der Waals surface area contributed by atoms with E-state index in [0.717, 1.165) is 69.9 Å². The zero-order valence-electron chi connectivity index (χ0n) is 18.7. The second kappa shape index (κ2) is 12.0. The molecule has 1 atom stereocenters. The highest BCUT2D eigenvalue weighted by Gasteiger charge is 2.28. The van der Waals surface area contributed by atoms with E-state index in [1.165, 1.54) is 0 Å². The molecule has 8 nitrogen and oxygen atoms in total. The van der Waals surface area contributed by atoms with Gasteiger partial charge in [0.25, 0.3) is 0 Å². The van der Waals surface area contributed by atoms with E-state index in [4.69, 9.17) is 9.47 Å². The summed E-state index contributed by atoms with van der Waals surface area (Å²) in [4.78, 5) is 13.7. The highest BCUT2D eigenvalue weighted by atomic mass is 127. The number of rotatable bonds is 6. The predicted molar refractivity (Wildman–Crippen MR) is 132 cm³/mol.